The van der Waals surface area contributed by atoms with E-state index in [1.54, 1.807) is 11.3 Å². The van der Waals surface area contributed by atoms with Gasteiger partial charge < -0.3 is 4.90 Å². The van der Waals surface area contributed by atoms with Crippen LogP contribution < -0.4 is 4.90 Å². The van der Waals surface area contributed by atoms with Crippen LogP contribution in [0.2, 0.25) is 0 Å². The number of halogens is 1. The molecule has 2 heterocycles. The summed E-state index contributed by atoms with van der Waals surface area (Å²) in [4.78, 5) is 18.3. The van der Waals surface area contributed by atoms with E-state index in [2.05, 4.69) is 27.0 Å². The summed E-state index contributed by atoms with van der Waals surface area (Å²) in [5.74, 6) is 0.649. The predicted molar refractivity (Wildman–Crippen MR) is 78.6 cm³/mol. The molecule has 18 heavy (non-hydrogen) atoms. The molecule has 0 saturated carbocycles. The lowest BCUT2D eigenvalue weighted by Gasteiger charge is -2.16. The zero-order valence-electron chi connectivity index (χ0n) is 10.0. The normalized spacial score (nSPS) is 20.0. The number of thiazole rings is 1. The maximum absolute atomic E-state index is 12.0. The van der Waals surface area contributed by atoms with E-state index >= 15 is 0 Å². The Labute approximate surface area is 118 Å². The number of nitrogens with zero attached hydrogens (tertiary/aromatic N) is 2. The molecule has 1 atom stereocenters. The number of alkyl halides is 1. The van der Waals surface area contributed by atoms with Crippen LogP contribution in [0, 0.1) is 12.8 Å². The minimum absolute atomic E-state index is 0.222. The zero-order valence-corrected chi connectivity index (χ0v) is 12.4. The molecule has 2 aromatic rings. The number of aromatic nitrogens is 1. The molecule has 1 aromatic carbocycles. The highest BCUT2D eigenvalue weighted by Gasteiger charge is 2.29. The van der Waals surface area contributed by atoms with Gasteiger partial charge in [0.25, 0.3) is 0 Å². The van der Waals surface area contributed by atoms with E-state index in [1.165, 1.54) is 0 Å². The molecule has 0 N–H and O–H groups in total. The highest BCUT2D eigenvalue weighted by atomic mass is 79.9. The fourth-order valence-electron chi connectivity index (χ4n) is 2.33. The second-order valence-electron chi connectivity index (χ2n) is 4.61. The summed E-state index contributed by atoms with van der Waals surface area (Å²) in [6.45, 7) is 2.82. The maximum Gasteiger partial charge on any atom is 0.227 e. The number of fused-ring (bicyclic) bond motifs is 1. The van der Waals surface area contributed by atoms with Crippen LogP contribution in [0.15, 0.2) is 18.2 Å². The summed E-state index contributed by atoms with van der Waals surface area (Å²) in [5.41, 5.74) is 2.02. The molecule has 5 heteroatoms. The van der Waals surface area contributed by atoms with Crippen LogP contribution >= 0.6 is 27.3 Å². The Morgan fingerprint density at radius 2 is 2.39 bits per heavy atom. The number of benzene rings is 1. The molecule has 0 bridgehead atoms. The molecule has 0 radical (unpaired) electrons. The van der Waals surface area contributed by atoms with Crippen molar-refractivity contribution in [3.05, 3.63) is 23.2 Å². The molecule has 1 aliphatic heterocycles. The molecule has 3 rings (SSSR count). The Kier molecular flexibility index (Phi) is 3.11. The highest BCUT2D eigenvalue weighted by Crippen LogP contribution is 2.30. The smallest absolute Gasteiger partial charge is 0.227 e. The van der Waals surface area contributed by atoms with Gasteiger partial charge in [-0.2, -0.15) is 0 Å². The lowest BCUT2D eigenvalue weighted by atomic mass is 10.2. The average molecular weight is 325 g/mol. The van der Waals surface area contributed by atoms with Crippen molar-refractivity contribution in [2.24, 2.45) is 5.92 Å². The Hall–Kier alpha value is -0.940. The van der Waals surface area contributed by atoms with Gasteiger partial charge in [-0.05, 0) is 31.0 Å². The van der Waals surface area contributed by atoms with Crippen molar-refractivity contribution in [1.82, 2.24) is 4.98 Å². The van der Waals surface area contributed by atoms with Crippen LogP contribution in [-0.4, -0.2) is 22.8 Å². The number of hydrogen-bond acceptors (Lipinski definition) is 3. The van der Waals surface area contributed by atoms with Crippen LogP contribution in [0.4, 0.5) is 5.69 Å². The molecule has 1 saturated heterocycles. The van der Waals surface area contributed by atoms with Gasteiger partial charge in [-0.25, -0.2) is 4.98 Å². The van der Waals surface area contributed by atoms with Gasteiger partial charge in [0.1, 0.15) is 0 Å². The Bertz CT molecular complexity index is 610. The van der Waals surface area contributed by atoms with Crippen LogP contribution in [-0.2, 0) is 4.79 Å². The molecule has 94 valence electrons. The molecule has 0 spiro atoms. The van der Waals surface area contributed by atoms with Crippen LogP contribution in [0.25, 0.3) is 10.2 Å². The van der Waals surface area contributed by atoms with Crippen molar-refractivity contribution in [2.45, 2.75) is 13.3 Å². The van der Waals surface area contributed by atoms with Gasteiger partial charge in [0.15, 0.2) is 0 Å². The number of aryl methyl sites for hydroxylation is 1. The predicted octanol–water partition coefficient (Wildman–Crippen LogP) is 3.35. The molecule has 1 aliphatic rings. The van der Waals surface area contributed by atoms with Gasteiger partial charge in [-0.3, -0.25) is 4.79 Å². The third kappa shape index (κ3) is 2.06. The number of amides is 1. The third-order valence-corrected chi connectivity index (χ3v) is 5.06. The van der Waals surface area contributed by atoms with E-state index in [9.17, 15) is 4.79 Å². The minimum atomic E-state index is 0.222. The molecule has 1 unspecified atom stereocenters. The van der Waals surface area contributed by atoms with Crippen molar-refractivity contribution < 1.29 is 4.79 Å². The third-order valence-electron chi connectivity index (χ3n) is 3.21. The summed E-state index contributed by atoms with van der Waals surface area (Å²) in [7, 11) is 0. The summed E-state index contributed by atoms with van der Waals surface area (Å²) >= 11 is 5.13. The van der Waals surface area contributed by atoms with E-state index in [4.69, 9.17) is 0 Å². The molecule has 1 amide bonds. The van der Waals surface area contributed by atoms with E-state index in [-0.39, 0.29) is 5.91 Å². The van der Waals surface area contributed by atoms with Crippen LogP contribution in [0.3, 0.4) is 0 Å². The second kappa shape index (κ2) is 4.63. The van der Waals surface area contributed by atoms with Crippen molar-refractivity contribution in [3.63, 3.8) is 0 Å². The topological polar surface area (TPSA) is 33.2 Å². The van der Waals surface area contributed by atoms with E-state index in [0.29, 0.717) is 12.3 Å². The maximum atomic E-state index is 12.0. The lowest BCUT2D eigenvalue weighted by Crippen LogP contribution is -2.24. The lowest BCUT2D eigenvalue weighted by molar-refractivity contribution is -0.117. The number of hydrogen-bond donors (Lipinski definition) is 0. The summed E-state index contributed by atoms with van der Waals surface area (Å²) in [6, 6.07) is 6.08. The molecular formula is C13H13BrN2OS. The molecule has 3 nitrogen and oxygen atoms in total. The standard InChI is InChI=1S/C13H13BrN2OS/c1-8-15-11-3-2-10(5-12(11)18-8)16-7-9(6-14)4-13(16)17/h2-3,5,9H,4,6-7H2,1H3. The van der Waals surface area contributed by atoms with Crippen LogP contribution in [0.1, 0.15) is 11.4 Å². The summed E-state index contributed by atoms with van der Waals surface area (Å²) in [5, 5.41) is 1.95. The van der Waals surface area contributed by atoms with Crippen molar-refractivity contribution >= 4 is 49.1 Å². The zero-order chi connectivity index (χ0) is 12.7. The molecule has 1 aromatic heterocycles. The Balaban J connectivity index is 1.96. The Morgan fingerprint density at radius 1 is 1.56 bits per heavy atom. The SMILES string of the molecule is Cc1nc2ccc(N3CC(CBr)CC3=O)cc2s1. The minimum Gasteiger partial charge on any atom is -0.312 e. The van der Waals surface area contributed by atoms with Gasteiger partial charge in [-0.1, -0.05) is 15.9 Å². The van der Waals surface area contributed by atoms with Gasteiger partial charge in [0, 0.05) is 24.0 Å². The molecular weight excluding hydrogens is 312 g/mol. The molecule has 0 aliphatic carbocycles. The second-order valence-corrected chi connectivity index (χ2v) is 6.50. The number of carbonyl (C=O) groups excluding carboxylic acids is 1. The number of anilines is 1. The summed E-state index contributed by atoms with van der Waals surface area (Å²) < 4.78 is 1.15. The number of rotatable bonds is 2. The first-order valence-electron chi connectivity index (χ1n) is 5.91. The van der Waals surface area contributed by atoms with Gasteiger partial charge in [0.05, 0.1) is 15.2 Å². The van der Waals surface area contributed by atoms with Gasteiger partial charge in [0.2, 0.25) is 5.91 Å². The van der Waals surface area contributed by atoms with Crippen LogP contribution in [0.5, 0.6) is 0 Å². The van der Waals surface area contributed by atoms with E-state index in [0.717, 1.165) is 32.8 Å². The quantitative estimate of drug-likeness (QED) is 0.794. The summed E-state index contributed by atoms with van der Waals surface area (Å²) in [6.07, 6.45) is 0.644. The largest absolute Gasteiger partial charge is 0.312 e. The first-order chi connectivity index (χ1) is 8.67. The van der Waals surface area contributed by atoms with Crippen molar-refractivity contribution in [3.8, 4) is 0 Å². The monoisotopic (exact) mass is 324 g/mol. The first kappa shape index (κ1) is 12.1. The van der Waals surface area contributed by atoms with Gasteiger partial charge in [-0.15, -0.1) is 11.3 Å². The first-order valence-corrected chi connectivity index (χ1v) is 7.84. The average Bonchev–Trinajstić information content (AvgIpc) is 2.89. The number of carbonyl (C=O) groups is 1. The Morgan fingerprint density at radius 3 is 3.11 bits per heavy atom. The fourth-order valence-corrected chi connectivity index (χ4v) is 3.62. The highest BCUT2D eigenvalue weighted by molar-refractivity contribution is 9.09. The van der Waals surface area contributed by atoms with Crippen molar-refractivity contribution in [2.75, 3.05) is 16.8 Å². The van der Waals surface area contributed by atoms with E-state index in [1.807, 2.05) is 24.0 Å². The van der Waals surface area contributed by atoms with Crippen molar-refractivity contribution in [1.29, 1.82) is 0 Å². The molecule has 1 fully saturated rings. The van der Waals surface area contributed by atoms with E-state index < -0.39 is 0 Å². The van der Waals surface area contributed by atoms with Gasteiger partial charge >= 0.3 is 0 Å². The fraction of sp³-hybridized carbons (Fsp3) is 0.385.